The van der Waals surface area contributed by atoms with Gasteiger partial charge >= 0.3 is 41.4 Å². The molecular formula is C83H126Cl3LiMnN14O13. The molecule has 0 aromatic carbocycles. The molecule has 9 rings (SSSR count). The minimum absolute atomic E-state index is 0. The number of ether oxygens (including phenoxy) is 1. The number of nitrogens with zero attached hydrogens (tertiary/aromatic N) is 11. The van der Waals surface area contributed by atoms with Crippen LogP contribution in [-0.2, 0) is 52.9 Å². The van der Waals surface area contributed by atoms with Crippen LogP contribution < -0.4 is 36.0 Å². The van der Waals surface area contributed by atoms with Gasteiger partial charge in [0, 0.05) is 163 Å². The number of nitrogens with one attached hydrogen (secondary N) is 1. The van der Waals surface area contributed by atoms with Crippen LogP contribution in [0.5, 0.6) is 0 Å². The molecule has 6 N–H and O–H groups in total. The van der Waals surface area contributed by atoms with Crippen molar-refractivity contribution >= 4 is 82.6 Å². The second-order valence-corrected chi connectivity index (χ2v) is 24.9. The number of carboxylic acids is 1. The van der Waals surface area contributed by atoms with Gasteiger partial charge in [0.2, 0.25) is 11.8 Å². The summed E-state index contributed by atoms with van der Waals surface area (Å²) >= 11 is 3.69. The maximum atomic E-state index is 11.8. The molecule has 2 amide bonds. The summed E-state index contributed by atoms with van der Waals surface area (Å²) in [6, 6.07) is 21.6. The number of Topliss-reactive ketones (excluding diaryl/α,β-unsaturated/α-hetero) is 2. The van der Waals surface area contributed by atoms with Crippen LogP contribution >= 0.6 is 36.4 Å². The Bertz CT molecular complexity index is 3610. The zero-order valence-electron chi connectivity index (χ0n) is 69.8. The minimum atomic E-state index is -1.44. The Balaban J connectivity index is -0.000000294. The van der Waals surface area contributed by atoms with Gasteiger partial charge in [-0.2, -0.15) is 16.6 Å². The van der Waals surface area contributed by atoms with Gasteiger partial charge in [-0.25, -0.2) is 20.2 Å². The number of aliphatic carboxylic acids is 1. The van der Waals surface area contributed by atoms with Gasteiger partial charge < -0.3 is 21.6 Å². The third-order valence-corrected chi connectivity index (χ3v) is 15.6. The van der Waals surface area contributed by atoms with Crippen LogP contribution in [0.25, 0.3) is 11.3 Å². The van der Waals surface area contributed by atoms with Crippen LogP contribution in [0.3, 0.4) is 0 Å². The number of carbonyl (C=O) groups excluding carboxylic acids is 6. The molecule has 635 valence electrons. The van der Waals surface area contributed by atoms with Crippen molar-refractivity contribution in [3.63, 3.8) is 0 Å². The van der Waals surface area contributed by atoms with E-state index in [1.165, 1.54) is 108 Å². The zero-order valence-corrected chi connectivity index (χ0v) is 73.4. The van der Waals surface area contributed by atoms with Crippen molar-refractivity contribution in [1.29, 1.82) is 0 Å². The standard InChI is InChI=1S/C15H21N3O.C15H19N3O.C13H17NO.C12H17NO.C8H10N2O2.C6H4ClNO.C6H13.C4H8O.C2H7NO.C2H4O2.2ClH.Li.Mn.H4N2.2O/c2*1-3-4-5-7-14-11-18(12(2)19)17-15(14)13-8-6-9-16-10-13;1-3-4-5-7-11(2)13(15)12-8-6-9-14-10-12;1-2-3-4-5-8-12(14)11-7-6-9-13-10-11;1-10(12-2)8(11)7-4-3-5-9-6-7;7-6(9)5-2-1-3-8-4-5;1-3-5-6-4-2;1-2-4-5-3-1;1-3-4-2;1-2(3)4;;;;;1-2;;/h6,8-10,14H,3-5,7,11H2,1-2H3;6,8-11H,3-5,7H2,1-2H3;6,8-10H,2-5,7H2,1H3;6-7,9-10H,2-5,8H2,1H3;3-6H,1-2H3;1-4H;1,3-6H2,2H3;1-4H2;3H,1-2H3;1H3,(H,3,4);2*1H;;;1-2H2;;/q;;;;;;-1;;;;;;+1;;;;. The molecule has 0 aliphatic carbocycles. The number of halogens is 3. The number of hydrogen-bond donors (Lipinski definition) is 4. The Labute approximate surface area is 718 Å². The van der Waals surface area contributed by atoms with E-state index in [1.807, 2.05) is 42.7 Å². The van der Waals surface area contributed by atoms with Gasteiger partial charge in [0.05, 0.1) is 43.3 Å². The van der Waals surface area contributed by atoms with E-state index < -0.39 is 26.0 Å². The molecule has 9 heterocycles. The van der Waals surface area contributed by atoms with Crippen molar-refractivity contribution in [3.05, 3.63) is 206 Å². The van der Waals surface area contributed by atoms with Crippen molar-refractivity contribution in [2.45, 2.75) is 203 Å². The Morgan fingerprint density at radius 3 is 1.43 bits per heavy atom. The summed E-state index contributed by atoms with van der Waals surface area (Å²) < 4.78 is 23.2. The first-order valence-corrected chi connectivity index (χ1v) is 39.1. The number of hydrogen-bond acceptors (Lipinski definition) is 23. The van der Waals surface area contributed by atoms with Gasteiger partial charge in [0.15, 0.2) is 11.6 Å². The van der Waals surface area contributed by atoms with Crippen molar-refractivity contribution in [1.82, 2.24) is 55.2 Å². The molecule has 2 aliphatic heterocycles. The Hall–Kier alpha value is -8.04. The Kier molecular flexibility index (Phi) is 84.5. The summed E-state index contributed by atoms with van der Waals surface area (Å²) in [7, 11) is 6.27. The Morgan fingerprint density at radius 2 is 1.04 bits per heavy atom. The molecule has 1 unspecified atom stereocenters. The van der Waals surface area contributed by atoms with E-state index >= 15 is 0 Å². The molecule has 1 atom stereocenters. The van der Waals surface area contributed by atoms with E-state index in [0.717, 1.165) is 123 Å². The topological polar surface area (TPSA) is 380 Å². The number of hydrazine groups is 1. The molecule has 32 heteroatoms. The van der Waals surface area contributed by atoms with E-state index in [-0.39, 0.29) is 73.0 Å². The molecule has 0 saturated carbocycles. The fourth-order valence-electron chi connectivity index (χ4n) is 9.45. The molecule has 7 aromatic rings. The normalized spacial score (nSPS) is 11.2. The number of hydroxylamine groups is 3. The Morgan fingerprint density at radius 1 is 0.626 bits per heavy atom. The fourth-order valence-corrected chi connectivity index (χ4v) is 9.56. The summed E-state index contributed by atoms with van der Waals surface area (Å²) in [5.74, 6) is 7.50. The summed E-state index contributed by atoms with van der Waals surface area (Å²) in [4.78, 5) is 110. The third kappa shape index (κ3) is 61.9. The first kappa shape index (κ1) is 118. The number of ketones is 2. The monoisotopic (exact) mass is 1690 g/mol. The molecule has 0 bridgehead atoms. The van der Waals surface area contributed by atoms with E-state index in [0.29, 0.717) is 41.1 Å². The van der Waals surface area contributed by atoms with E-state index in [9.17, 15) is 28.8 Å². The van der Waals surface area contributed by atoms with Crippen LogP contribution in [0.1, 0.15) is 254 Å². The number of nitrogens with two attached hydrogens (primary N) is 2. The number of hydrazone groups is 1. The first-order valence-electron chi connectivity index (χ1n) is 37.7. The van der Waals surface area contributed by atoms with Crippen LogP contribution in [0.15, 0.2) is 171 Å². The number of carboxylic acid groups (broad SMARTS) is 1. The van der Waals surface area contributed by atoms with Crippen LogP contribution in [0.4, 0.5) is 0 Å². The van der Waals surface area contributed by atoms with Crippen LogP contribution in [0.2, 0.25) is 0 Å². The maximum absolute atomic E-state index is 11.8. The van der Waals surface area contributed by atoms with Crippen molar-refractivity contribution < 1.29 is 94.4 Å². The van der Waals surface area contributed by atoms with Gasteiger partial charge in [0.25, 0.3) is 17.1 Å². The average molecular weight is 1700 g/mol. The number of aryl methyl sites for hydroxylation is 1. The quantitative estimate of drug-likeness (QED) is 0.00494. The SMILES string of the molecule is C1CCOC1.C=C(CCCCC)C(=O)c1cccnc1.CC(=O)O.CCCCCC1CN(C(C)=O)N=C1c1cccnc1.CCCCCCC(=O)c1cccnc1.CCCCCc1cn(C(C)=O)nc1-c1cccnc1.CNOC.CON(C)C(=O)c1cccnc1.Cl.Cl.NN.O=C(Cl)c1cccnc1.[CH2-]CCCCC.[Li+].[O]=[Mn]=[O]. The third-order valence-electron chi connectivity index (χ3n) is 15.4. The van der Waals surface area contributed by atoms with Gasteiger partial charge in [-0.1, -0.05) is 125 Å². The van der Waals surface area contributed by atoms with Crippen molar-refractivity contribution in [3.8, 4) is 11.3 Å². The summed E-state index contributed by atoms with van der Waals surface area (Å²) in [5.41, 5.74) is 10.5. The van der Waals surface area contributed by atoms with Gasteiger partial charge in [-0.05, 0) is 147 Å². The molecule has 7 aromatic heterocycles. The molecule has 2 aliphatic rings. The first-order chi connectivity index (χ1) is 54.1. The molecule has 1 fully saturated rings. The summed E-state index contributed by atoms with van der Waals surface area (Å²) in [6.07, 6.45) is 47.9. The molecule has 0 spiro atoms. The average Bonchev–Trinajstić information content (AvgIpc) is 1.69. The van der Waals surface area contributed by atoms with Crippen molar-refractivity contribution in [2.75, 3.05) is 48.1 Å². The number of amides is 2. The molecule has 1 saturated heterocycles. The molecule has 0 radical (unpaired) electrons. The zero-order chi connectivity index (χ0) is 84.4. The number of allylic oxidation sites excluding steroid dienone is 1. The summed E-state index contributed by atoms with van der Waals surface area (Å²) in [5, 5.41) is 18.5. The second kappa shape index (κ2) is 82.5. The van der Waals surface area contributed by atoms with Gasteiger partial charge in [0.1, 0.15) is 0 Å². The predicted octanol–water partition coefficient (Wildman–Crippen LogP) is 14.5. The van der Waals surface area contributed by atoms with E-state index in [4.69, 9.17) is 38.7 Å². The summed E-state index contributed by atoms with van der Waals surface area (Å²) in [6.45, 7) is 25.3. The van der Waals surface area contributed by atoms with Gasteiger partial charge in [-0.15, -0.1) is 24.8 Å². The van der Waals surface area contributed by atoms with Crippen LogP contribution in [0, 0.1) is 12.8 Å². The molecule has 27 nitrogen and oxygen atoms in total. The van der Waals surface area contributed by atoms with Crippen molar-refractivity contribution in [2.24, 2.45) is 22.7 Å². The molecule has 115 heavy (non-hydrogen) atoms. The number of carbonyl (C=O) groups is 7. The number of pyridine rings is 6. The number of rotatable bonds is 29. The predicted molar refractivity (Wildman–Crippen MR) is 451 cm³/mol. The van der Waals surface area contributed by atoms with Crippen LogP contribution in [-0.4, -0.2) is 149 Å². The van der Waals surface area contributed by atoms with Gasteiger partial charge in [-0.3, -0.25) is 80.0 Å². The second-order valence-electron chi connectivity index (χ2n) is 24.4. The number of aromatic nitrogens is 8. The van der Waals surface area contributed by atoms with E-state index in [2.05, 4.69) is 110 Å². The number of unbranched alkanes of at least 4 members (excludes halogenated alkanes) is 12. The molecular weight excluding hydrogens is 1570 g/mol. The van der Waals surface area contributed by atoms with E-state index in [1.54, 1.807) is 131 Å². The fraction of sp³-hybridized carbons (Fsp3) is 0.470.